The molecule has 2 fully saturated rings. The molecule has 2 saturated heterocycles. The molecule has 2 aliphatic rings. The van der Waals surface area contributed by atoms with Gasteiger partial charge in [-0.1, -0.05) is 6.07 Å². The molecule has 0 aliphatic carbocycles. The molecule has 0 bridgehead atoms. The predicted molar refractivity (Wildman–Crippen MR) is 143 cm³/mol. The number of likely N-dealkylation sites (tertiary alicyclic amines) is 1. The van der Waals surface area contributed by atoms with Crippen molar-refractivity contribution < 1.29 is 33.6 Å². The van der Waals surface area contributed by atoms with Crippen molar-refractivity contribution in [2.75, 3.05) is 60.2 Å². The summed E-state index contributed by atoms with van der Waals surface area (Å²) in [6, 6.07) is 9.74. The van der Waals surface area contributed by atoms with Crippen LogP contribution in [0, 0.1) is 6.92 Å². The highest BCUT2D eigenvalue weighted by Crippen LogP contribution is 2.42. The fraction of sp³-hybridized carbons (Fsp3) is 0.448. The van der Waals surface area contributed by atoms with Gasteiger partial charge in [-0.05, 0) is 61.7 Å². The maximum absolute atomic E-state index is 13.4. The van der Waals surface area contributed by atoms with Crippen molar-refractivity contribution in [2.45, 2.75) is 26.3 Å². The van der Waals surface area contributed by atoms with E-state index in [0.29, 0.717) is 61.2 Å². The van der Waals surface area contributed by atoms with Crippen molar-refractivity contribution in [1.29, 1.82) is 0 Å². The van der Waals surface area contributed by atoms with Crippen LogP contribution in [0.4, 0.5) is 0 Å². The van der Waals surface area contributed by atoms with Gasteiger partial charge in [-0.2, -0.15) is 0 Å². The summed E-state index contributed by atoms with van der Waals surface area (Å²) < 4.78 is 22.0. The number of aryl methyl sites for hydroxylation is 1. The van der Waals surface area contributed by atoms with Gasteiger partial charge >= 0.3 is 0 Å². The van der Waals surface area contributed by atoms with Crippen LogP contribution in [0.1, 0.15) is 36.1 Å². The predicted octanol–water partition coefficient (Wildman–Crippen LogP) is 3.55. The van der Waals surface area contributed by atoms with Gasteiger partial charge in [0.25, 0.3) is 11.7 Å². The summed E-state index contributed by atoms with van der Waals surface area (Å²) in [7, 11) is 3.12. The van der Waals surface area contributed by atoms with Gasteiger partial charge in [0.15, 0.2) is 11.5 Å². The van der Waals surface area contributed by atoms with Gasteiger partial charge in [-0.15, -0.1) is 0 Å². The zero-order valence-electron chi connectivity index (χ0n) is 22.5. The molecule has 0 spiro atoms. The summed E-state index contributed by atoms with van der Waals surface area (Å²) in [6.45, 7) is 8.42. The number of carbonyl (C=O) groups excluding carboxylic acids is 2. The first-order chi connectivity index (χ1) is 18.4. The van der Waals surface area contributed by atoms with Crippen molar-refractivity contribution in [1.82, 2.24) is 9.80 Å². The molecule has 0 radical (unpaired) electrons. The summed E-state index contributed by atoms with van der Waals surface area (Å²) in [5, 5.41) is 11.4. The molecule has 2 aromatic rings. The number of morpholine rings is 1. The van der Waals surface area contributed by atoms with E-state index < -0.39 is 17.7 Å². The molecule has 1 atom stereocenters. The molecular formula is C29H36N2O7. The van der Waals surface area contributed by atoms with Crippen LogP contribution in [0.3, 0.4) is 0 Å². The van der Waals surface area contributed by atoms with Crippen molar-refractivity contribution in [2.24, 2.45) is 0 Å². The van der Waals surface area contributed by atoms with Crippen molar-refractivity contribution in [3.63, 3.8) is 0 Å². The quantitative estimate of drug-likeness (QED) is 0.286. The number of carbonyl (C=O) groups is 2. The molecule has 1 amide bonds. The Hall–Kier alpha value is -3.56. The Morgan fingerprint density at radius 2 is 1.71 bits per heavy atom. The minimum absolute atomic E-state index is 0.0529. The fourth-order valence-corrected chi connectivity index (χ4v) is 5.06. The zero-order chi connectivity index (χ0) is 27.2. The lowest BCUT2D eigenvalue weighted by Gasteiger charge is -2.29. The number of rotatable bonds is 10. The molecule has 0 unspecified atom stereocenters. The van der Waals surface area contributed by atoms with E-state index in [1.54, 1.807) is 49.5 Å². The number of aliphatic hydroxyl groups is 1. The topological polar surface area (TPSA) is 97.8 Å². The monoisotopic (exact) mass is 524 g/mol. The van der Waals surface area contributed by atoms with Gasteiger partial charge in [0, 0.05) is 31.7 Å². The van der Waals surface area contributed by atoms with Crippen LogP contribution >= 0.6 is 0 Å². The Morgan fingerprint density at radius 1 is 1.00 bits per heavy atom. The molecule has 0 aromatic heterocycles. The maximum Gasteiger partial charge on any atom is 0.295 e. The number of aliphatic hydroxyl groups excluding tert-OH is 1. The third kappa shape index (κ3) is 5.63. The second kappa shape index (κ2) is 12.3. The van der Waals surface area contributed by atoms with Crippen LogP contribution < -0.4 is 14.2 Å². The number of hydrogen-bond acceptors (Lipinski definition) is 8. The van der Waals surface area contributed by atoms with E-state index in [4.69, 9.17) is 18.9 Å². The van der Waals surface area contributed by atoms with E-state index in [1.165, 1.54) is 0 Å². The Labute approximate surface area is 223 Å². The van der Waals surface area contributed by atoms with Crippen LogP contribution in [0.25, 0.3) is 5.76 Å². The van der Waals surface area contributed by atoms with E-state index >= 15 is 0 Å². The number of methoxy groups -OCH3 is 2. The van der Waals surface area contributed by atoms with Crippen LogP contribution in [-0.4, -0.2) is 86.8 Å². The smallest absolute Gasteiger partial charge is 0.295 e. The Morgan fingerprint density at radius 3 is 2.37 bits per heavy atom. The number of hydrogen-bond donors (Lipinski definition) is 1. The standard InChI is InChI=1S/C29H36N2O7/c1-5-38-23-10-7-20(18-24(23)36-4)26-25(27(32)21-8-9-22(35-3)19(2)17-21)28(33)29(34)31(26)12-6-11-30-13-15-37-16-14-30/h7-10,17-18,26,32H,5-6,11-16H2,1-4H3/b27-25+/t26-/m0/s1. The largest absolute Gasteiger partial charge is 0.507 e. The van der Waals surface area contributed by atoms with Crippen LogP contribution in [0.5, 0.6) is 17.2 Å². The number of Topliss-reactive ketones (excluding diaryl/α,β-unsaturated/α-hetero) is 1. The molecule has 4 rings (SSSR count). The van der Waals surface area contributed by atoms with Gasteiger partial charge in [0.2, 0.25) is 0 Å². The van der Waals surface area contributed by atoms with E-state index in [1.807, 2.05) is 19.9 Å². The van der Waals surface area contributed by atoms with E-state index in [9.17, 15) is 14.7 Å². The molecule has 9 nitrogen and oxygen atoms in total. The number of amides is 1. The van der Waals surface area contributed by atoms with E-state index in [0.717, 1.165) is 25.2 Å². The fourth-order valence-electron chi connectivity index (χ4n) is 5.06. The number of benzene rings is 2. The third-order valence-corrected chi connectivity index (χ3v) is 6.99. The zero-order valence-corrected chi connectivity index (χ0v) is 22.5. The number of ether oxygens (including phenoxy) is 4. The van der Waals surface area contributed by atoms with Crippen molar-refractivity contribution in [3.8, 4) is 17.2 Å². The number of ketones is 1. The third-order valence-electron chi connectivity index (χ3n) is 6.99. The lowest BCUT2D eigenvalue weighted by molar-refractivity contribution is -0.140. The van der Waals surface area contributed by atoms with E-state index in [2.05, 4.69) is 4.90 Å². The summed E-state index contributed by atoms with van der Waals surface area (Å²) in [5.74, 6) is 0.162. The van der Waals surface area contributed by atoms with Crippen LogP contribution in [0.2, 0.25) is 0 Å². The SMILES string of the molecule is CCOc1ccc([C@H]2/C(=C(\O)c3ccc(OC)c(C)c3)C(=O)C(=O)N2CCCN2CCOCC2)cc1OC. The molecule has 2 aromatic carbocycles. The Kier molecular flexibility index (Phi) is 8.91. The summed E-state index contributed by atoms with van der Waals surface area (Å²) >= 11 is 0. The number of nitrogens with zero attached hydrogens (tertiary/aromatic N) is 2. The average Bonchev–Trinajstić information content (AvgIpc) is 3.18. The first-order valence-electron chi connectivity index (χ1n) is 12.9. The second-order valence-corrected chi connectivity index (χ2v) is 9.33. The lowest BCUT2D eigenvalue weighted by Crippen LogP contribution is -2.39. The molecule has 2 heterocycles. The highest BCUT2D eigenvalue weighted by molar-refractivity contribution is 6.46. The van der Waals surface area contributed by atoms with Gasteiger partial charge in [0.1, 0.15) is 11.5 Å². The molecule has 38 heavy (non-hydrogen) atoms. The first-order valence-corrected chi connectivity index (χ1v) is 12.9. The first kappa shape index (κ1) is 27.5. The highest BCUT2D eigenvalue weighted by Gasteiger charge is 2.46. The average molecular weight is 525 g/mol. The Balaban J connectivity index is 1.74. The summed E-state index contributed by atoms with van der Waals surface area (Å²) in [6.07, 6.45) is 0.680. The summed E-state index contributed by atoms with van der Waals surface area (Å²) in [4.78, 5) is 30.6. The molecule has 9 heteroatoms. The lowest BCUT2D eigenvalue weighted by atomic mass is 9.94. The second-order valence-electron chi connectivity index (χ2n) is 9.33. The molecule has 204 valence electrons. The summed E-state index contributed by atoms with van der Waals surface area (Å²) in [5.41, 5.74) is 1.95. The maximum atomic E-state index is 13.4. The van der Waals surface area contributed by atoms with Crippen molar-refractivity contribution >= 4 is 17.4 Å². The van der Waals surface area contributed by atoms with Gasteiger partial charge in [0.05, 0.1) is 45.7 Å². The van der Waals surface area contributed by atoms with Crippen LogP contribution in [-0.2, 0) is 14.3 Å². The Bertz CT molecular complexity index is 1200. The normalized spacial score (nSPS) is 19.6. The minimum atomic E-state index is -0.772. The van der Waals surface area contributed by atoms with Crippen LogP contribution in [0.15, 0.2) is 42.0 Å². The molecule has 2 aliphatic heterocycles. The van der Waals surface area contributed by atoms with E-state index in [-0.39, 0.29) is 11.3 Å². The molecule has 0 saturated carbocycles. The highest BCUT2D eigenvalue weighted by atomic mass is 16.5. The molecular weight excluding hydrogens is 488 g/mol. The van der Waals surface area contributed by atoms with Gasteiger partial charge < -0.3 is 29.0 Å². The molecule has 1 N–H and O–H groups in total. The minimum Gasteiger partial charge on any atom is -0.507 e. The van der Waals surface area contributed by atoms with Gasteiger partial charge in [-0.3, -0.25) is 14.5 Å². The van der Waals surface area contributed by atoms with Crippen molar-refractivity contribution in [3.05, 3.63) is 58.7 Å². The van der Waals surface area contributed by atoms with Gasteiger partial charge in [-0.25, -0.2) is 0 Å².